The molecule has 1 aromatic rings. The van der Waals surface area contributed by atoms with Crippen molar-refractivity contribution in [2.24, 2.45) is 11.7 Å². The van der Waals surface area contributed by atoms with Gasteiger partial charge in [0, 0.05) is 32.2 Å². The van der Waals surface area contributed by atoms with Gasteiger partial charge in [-0.3, -0.25) is 19.3 Å². The standard InChI is InChI=1S/C17H23N3O3/c1-10(2)14(18)7-8-19(3)15(21)11-5-6-12-13(9-11)17(23)20(4)16(12)22/h5-6,9-10,14H,7-8,18H2,1-4H3. The van der Waals surface area contributed by atoms with Gasteiger partial charge in [0.25, 0.3) is 17.7 Å². The minimum atomic E-state index is -0.371. The third kappa shape index (κ3) is 3.27. The van der Waals surface area contributed by atoms with Crippen LogP contribution in [-0.4, -0.2) is 54.2 Å². The van der Waals surface area contributed by atoms with Crippen molar-refractivity contribution in [2.75, 3.05) is 20.6 Å². The predicted molar refractivity (Wildman–Crippen MR) is 87.3 cm³/mol. The number of carbonyl (C=O) groups excluding carboxylic acids is 3. The summed E-state index contributed by atoms with van der Waals surface area (Å²) in [7, 11) is 3.15. The minimum absolute atomic E-state index is 0.0399. The number of amides is 3. The van der Waals surface area contributed by atoms with Crippen molar-refractivity contribution < 1.29 is 14.4 Å². The highest BCUT2D eigenvalue weighted by Crippen LogP contribution is 2.23. The van der Waals surface area contributed by atoms with Crippen molar-refractivity contribution in [1.82, 2.24) is 9.80 Å². The Hall–Kier alpha value is -2.21. The van der Waals surface area contributed by atoms with Crippen LogP contribution in [0.4, 0.5) is 0 Å². The van der Waals surface area contributed by atoms with E-state index in [1.165, 1.54) is 13.1 Å². The number of imide groups is 1. The molecular weight excluding hydrogens is 294 g/mol. The van der Waals surface area contributed by atoms with Crippen molar-refractivity contribution in [2.45, 2.75) is 26.3 Å². The Morgan fingerprint density at radius 1 is 1.22 bits per heavy atom. The molecule has 0 saturated heterocycles. The summed E-state index contributed by atoms with van der Waals surface area (Å²) >= 11 is 0. The van der Waals surface area contributed by atoms with Crippen LogP contribution in [0.5, 0.6) is 0 Å². The SMILES string of the molecule is CC(C)C(N)CCN(C)C(=O)c1ccc2c(c1)C(=O)N(C)C2=O. The van der Waals surface area contributed by atoms with Gasteiger partial charge in [0.1, 0.15) is 0 Å². The van der Waals surface area contributed by atoms with E-state index >= 15 is 0 Å². The first-order chi connectivity index (χ1) is 10.7. The van der Waals surface area contributed by atoms with Gasteiger partial charge in [-0.05, 0) is 30.5 Å². The molecule has 2 N–H and O–H groups in total. The van der Waals surface area contributed by atoms with Gasteiger partial charge < -0.3 is 10.6 Å². The summed E-state index contributed by atoms with van der Waals surface area (Å²) in [4.78, 5) is 39.0. The first kappa shape index (κ1) is 17.1. The van der Waals surface area contributed by atoms with Crippen LogP contribution in [0.1, 0.15) is 51.3 Å². The quantitative estimate of drug-likeness (QED) is 0.831. The molecule has 1 aliphatic heterocycles. The van der Waals surface area contributed by atoms with Gasteiger partial charge in [-0.1, -0.05) is 13.8 Å². The lowest BCUT2D eigenvalue weighted by atomic mass is 10.0. The number of carbonyl (C=O) groups is 3. The topological polar surface area (TPSA) is 83.7 Å². The first-order valence-corrected chi connectivity index (χ1v) is 7.71. The Morgan fingerprint density at radius 2 is 1.83 bits per heavy atom. The lowest BCUT2D eigenvalue weighted by Gasteiger charge is -2.21. The van der Waals surface area contributed by atoms with Crippen molar-refractivity contribution in [3.63, 3.8) is 0 Å². The van der Waals surface area contributed by atoms with Gasteiger partial charge in [0.05, 0.1) is 11.1 Å². The third-order valence-corrected chi connectivity index (χ3v) is 4.34. The second-order valence-electron chi connectivity index (χ2n) is 6.35. The summed E-state index contributed by atoms with van der Waals surface area (Å²) in [6.45, 7) is 4.64. The molecule has 6 heteroatoms. The Kier molecular flexibility index (Phi) is 4.85. The van der Waals surface area contributed by atoms with Crippen LogP contribution in [0.15, 0.2) is 18.2 Å². The van der Waals surface area contributed by atoms with Crippen molar-refractivity contribution in [1.29, 1.82) is 0 Å². The van der Waals surface area contributed by atoms with Crippen LogP contribution in [0.25, 0.3) is 0 Å². The van der Waals surface area contributed by atoms with Gasteiger partial charge >= 0.3 is 0 Å². The molecular formula is C17H23N3O3. The zero-order valence-corrected chi connectivity index (χ0v) is 14.0. The molecule has 0 bridgehead atoms. The van der Waals surface area contributed by atoms with Crippen molar-refractivity contribution in [3.8, 4) is 0 Å². The molecule has 23 heavy (non-hydrogen) atoms. The number of hydrogen-bond donors (Lipinski definition) is 1. The van der Waals surface area contributed by atoms with E-state index in [2.05, 4.69) is 0 Å². The lowest BCUT2D eigenvalue weighted by molar-refractivity contribution is 0.0692. The van der Waals surface area contributed by atoms with Gasteiger partial charge in [0.15, 0.2) is 0 Å². The van der Waals surface area contributed by atoms with E-state index in [0.29, 0.717) is 30.0 Å². The van der Waals surface area contributed by atoms with Gasteiger partial charge in [-0.2, -0.15) is 0 Å². The summed E-state index contributed by atoms with van der Waals surface area (Å²) in [5, 5.41) is 0. The smallest absolute Gasteiger partial charge is 0.261 e. The van der Waals surface area contributed by atoms with E-state index in [-0.39, 0.29) is 29.3 Å². The third-order valence-electron chi connectivity index (χ3n) is 4.34. The highest BCUT2D eigenvalue weighted by atomic mass is 16.2. The first-order valence-electron chi connectivity index (χ1n) is 7.71. The maximum absolute atomic E-state index is 12.5. The molecule has 0 fully saturated rings. The second kappa shape index (κ2) is 6.50. The van der Waals surface area contributed by atoms with E-state index < -0.39 is 0 Å². The molecule has 6 nitrogen and oxygen atoms in total. The summed E-state index contributed by atoms with van der Waals surface area (Å²) in [5.74, 6) is -0.527. The zero-order valence-electron chi connectivity index (χ0n) is 14.0. The van der Waals surface area contributed by atoms with Crippen LogP contribution in [-0.2, 0) is 0 Å². The second-order valence-corrected chi connectivity index (χ2v) is 6.35. The van der Waals surface area contributed by atoms with Crippen LogP contribution in [0.3, 0.4) is 0 Å². The Balaban J connectivity index is 2.12. The van der Waals surface area contributed by atoms with E-state index in [9.17, 15) is 14.4 Å². The average Bonchev–Trinajstić information content (AvgIpc) is 2.75. The Labute approximate surface area is 136 Å². The molecule has 0 aromatic heterocycles. The number of nitrogens with zero attached hydrogens (tertiary/aromatic N) is 2. The molecule has 124 valence electrons. The number of hydrogen-bond acceptors (Lipinski definition) is 4. The summed E-state index contributed by atoms with van der Waals surface area (Å²) in [5.41, 5.74) is 7.04. The molecule has 1 atom stereocenters. The van der Waals surface area contributed by atoms with Crippen LogP contribution in [0.2, 0.25) is 0 Å². The highest BCUT2D eigenvalue weighted by molar-refractivity contribution is 6.21. The molecule has 3 amide bonds. The number of fused-ring (bicyclic) bond motifs is 1. The number of rotatable bonds is 5. The maximum atomic E-state index is 12.5. The van der Waals surface area contributed by atoms with Crippen LogP contribution < -0.4 is 5.73 Å². The summed E-state index contributed by atoms with van der Waals surface area (Å²) < 4.78 is 0. The van der Waals surface area contributed by atoms with Crippen molar-refractivity contribution in [3.05, 3.63) is 34.9 Å². The lowest BCUT2D eigenvalue weighted by Crippen LogP contribution is -2.34. The fourth-order valence-corrected chi connectivity index (χ4v) is 2.49. The predicted octanol–water partition coefficient (Wildman–Crippen LogP) is 1.36. The Bertz CT molecular complexity index is 654. The van der Waals surface area contributed by atoms with E-state index in [4.69, 9.17) is 5.73 Å². The largest absolute Gasteiger partial charge is 0.342 e. The molecule has 1 heterocycles. The van der Waals surface area contributed by atoms with Crippen molar-refractivity contribution >= 4 is 17.7 Å². The monoisotopic (exact) mass is 317 g/mol. The molecule has 1 unspecified atom stereocenters. The van der Waals surface area contributed by atoms with Crippen LogP contribution in [0, 0.1) is 5.92 Å². The van der Waals surface area contributed by atoms with Gasteiger partial charge in [-0.15, -0.1) is 0 Å². The molecule has 0 spiro atoms. The minimum Gasteiger partial charge on any atom is -0.342 e. The highest BCUT2D eigenvalue weighted by Gasteiger charge is 2.33. The molecule has 0 saturated carbocycles. The molecule has 1 aliphatic rings. The normalized spacial score (nSPS) is 15.1. The molecule has 1 aromatic carbocycles. The fourth-order valence-electron chi connectivity index (χ4n) is 2.49. The molecule has 0 radical (unpaired) electrons. The van der Waals surface area contributed by atoms with Gasteiger partial charge in [-0.25, -0.2) is 0 Å². The molecule has 2 rings (SSSR count). The zero-order chi connectivity index (χ0) is 17.3. The van der Waals surface area contributed by atoms with E-state index in [1.807, 2.05) is 13.8 Å². The Morgan fingerprint density at radius 3 is 2.43 bits per heavy atom. The van der Waals surface area contributed by atoms with E-state index in [0.717, 1.165) is 4.90 Å². The summed E-state index contributed by atoms with van der Waals surface area (Å²) in [6, 6.07) is 4.67. The number of benzene rings is 1. The van der Waals surface area contributed by atoms with E-state index in [1.54, 1.807) is 24.1 Å². The number of nitrogens with two attached hydrogens (primary N) is 1. The maximum Gasteiger partial charge on any atom is 0.261 e. The fraction of sp³-hybridized carbons (Fsp3) is 0.471. The molecule has 0 aliphatic carbocycles. The van der Waals surface area contributed by atoms with Gasteiger partial charge in [0.2, 0.25) is 0 Å². The summed E-state index contributed by atoms with van der Waals surface area (Å²) in [6.07, 6.45) is 0.713. The average molecular weight is 317 g/mol. The van der Waals surface area contributed by atoms with Crippen LogP contribution >= 0.6 is 0 Å².